The van der Waals surface area contributed by atoms with Gasteiger partial charge < -0.3 is 15.2 Å². The molecule has 4 nitrogen and oxygen atoms in total. The van der Waals surface area contributed by atoms with Crippen molar-refractivity contribution in [1.29, 1.82) is 5.26 Å². The minimum Gasteiger partial charge on any atom is -0.495 e. The van der Waals surface area contributed by atoms with E-state index in [1.54, 1.807) is 13.2 Å². The molecule has 0 aromatic heterocycles. The van der Waals surface area contributed by atoms with Crippen LogP contribution < -0.4 is 10.1 Å². The number of hydrogen-bond acceptors (Lipinski definition) is 4. The van der Waals surface area contributed by atoms with Gasteiger partial charge >= 0.3 is 0 Å². The smallest absolute Gasteiger partial charge is 0.136 e. The van der Waals surface area contributed by atoms with Gasteiger partial charge in [0.2, 0.25) is 0 Å². The highest BCUT2D eigenvalue weighted by Crippen LogP contribution is 2.20. The third kappa shape index (κ3) is 4.22. The fourth-order valence-electron chi connectivity index (χ4n) is 2.03. The molecule has 0 saturated carbocycles. The van der Waals surface area contributed by atoms with Crippen LogP contribution >= 0.6 is 0 Å². The second kappa shape index (κ2) is 7.28. The van der Waals surface area contributed by atoms with Gasteiger partial charge in [-0.25, -0.2) is 0 Å². The molecule has 1 rings (SSSR count). The van der Waals surface area contributed by atoms with Gasteiger partial charge in [-0.3, -0.25) is 0 Å². The molecule has 0 fully saturated rings. The quantitative estimate of drug-likeness (QED) is 0.803. The summed E-state index contributed by atoms with van der Waals surface area (Å²) in [6, 6.07) is 7.64. The largest absolute Gasteiger partial charge is 0.495 e. The number of benzene rings is 1. The van der Waals surface area contributed by atoms with Gasteiger partial charge in [0, 0.05) is 13.1 Å². The Bertz CT molecular complexity index is 478. The first-order valence-corrected chi connectivity index (χ1v) is 6.94. The maximum absolute atomic E-state index is 10.3. The monoisotopic (exact) mass is 276 g/mol. The molecular weight excluding hydrogens is 252 g/mol. The fraction of sp³-hybridized carbons (Fsp3) is 0.562. The Balaban J connectivity index is 2.61. The summed E-state index contributed by atoms with van der Waals surface area (Å²) in [4.78, 5) is 0. The third-order valence-electron chi connectivity index (χ3n) is 3.87. The Morgan fingerprint density at radius 1 is 1.50 bits per heavy atom. The van der Waals surface area contributed by atoms with Crippen molar-refractivity contribution in [3.8, 4) is 11.8 Å². The predicted molar refractivity (Wildman–Crippen MR) is 79.5 cm³/mol. The van der Waals surface area contributed by atoms with E-state index in [0.717, 1.165) is 12.0 Å². The lowest BCUT2D eigenvalue weighted by Gasteiger charge is -2.30. The predicted octanol–water partition coefficient (Wildman–Crippen LogP) is 2.45. The number of nitrogens with one attached hydrogen (secondary N) is 1. The highest BCUT2D eigenvalue weighted by molar-refractivity contribution is 5.45. The van der Waals surface area contributed by atoms with E-state index >= 15 is 0 Å². The lowest BCUT2D eigenvalue weighted by Crippen LogP contribution is -2.42. The average molecular weight is 276 g/mol. The van der Waals surface area contributed by atoms with Crippen molar-refractivity contribution in [1.82, 2.24) is 5.32 Å². The molecular formula is C16H24N2O2. The molecule has 2 atom stereocenters. The molecule has 0 spiro atoms. The van der Waals surface area contributed by atoms with Gasteiger partial charge in [-0.2, -0.15) is 5.26 Å². The van der Waals surface area contributed by atoms with Gasteiger partial charge in [-0.1, -0.05) is 26.3 Å². The molecule has 0 aliphatic carbocycles. The number of hydrogen-bond donors (Lipinski definition) is 2. The van der Waals surface area contributed by atoms with Crippen molar-refractivity contribution in [2.75, 3.05) is 13.7 Å². The zero-order valence-corrected chi connectivity index (χ0v) is 12.7. The van der Waals surface area contributed by atoms with Gasteiger partial charge in [-0.05, 0) is 30.5 Å². The Morgan fingerprint density at radius 3 is 2.75 bits per heavy atom. The third-order valence-corrected chi connectivity index (χ3v) is 3.87. The molecule has 0 amide bonds. The number of ether oxygens (including phenoxy) is 1. The fourth-order valence-corrected chi connectivity index (χ4v) is 2.03. The van der Waals surface area contributed by atoms with Crippen molar-refractivity contribution in [3.63, 3.8) is 0 Å². The molecule has 0 aliphatic rings. The van der Waals surface area contributed by atoms with Crippen LogP contribution in [0.25, 0.3) is 0 Å². The molecule has 0 bridgehead atoms. The summed E-state index contributed by atoms with van der Waals surface area (Å²) in [5.74, 6) is 0.823. The normalized spacial score (nSPS) is 15.2. The summed E-state index contributed by atoms with van der Waals surface area (Å²) in [6.45, 7) is 7.11. The summed E-state index contributed by atoms with van der Waals surface area (Å²) in [5, 5.41) is 22.6. The molecule has 2 N–H and O–H groups in total. The van der Waals surface area contributed by atoms with Crippen LogP contribution in [0, 0.1) is 17.2 Å². The summed E-state index contributed by atoms with van der Waals surface area (Å²) in [7, 11) is 1.55. The Kier molecular flexibility index (Phi) is 6.00. The summed E-state index contributed by atoms with van der Waals surface area (Å²) in [6.07, 6.45) is 0.940. The maximum atomic E-state index is 10.3. The van der Waals surface area contributed by atoms with Gasteiger partial charge in [-0.15, -0.1) is 0 Å². The van der Waals surface area contributed by atoms with Crippen molar-refractivity contribution >= 4 is 0 Å². The van der Waals surface area contributed by atoms with E-state index in [1.807, 2.05) is 26.0 Å². The molecule has 110 valence electrons. The summed E-state index contributed by atoms with van der Waals surface area (Å²) in [5.41, 5.74) is 0.807. The van der Waals surface area contributed by atoms with Gasteiger partial charge in [0.25, 0.3) is 0 Å². The lowest BCUT2D eigenvalue weighted by atomic mass is 9.88. The highest BCUT2D eigenvalue weighted by Gasteiger charge is 2.26. The Morgan fingerprint density at radius 2 is 2.20 bits per heavy atom. The zero-order chi connectivity index (χ0) is 15.2. The van der Waals surface area contributed by atoms with Crippen LogP contribution in [0.3, 0.4) is 0 Å². The van der Waals surface area contributed by atoms with E-state index in [0.29, 0.717) is 24.4 Å². The minimum atomic E-state index is -0.723. The van der Waals surface area contributed by atoms with E-state index in [4.69, 9.17) is 10.00 Å². The number of nitriles is 1. The van der Waals surface area contributed by atoms with Crippen LogP contribution in [0.4, 0.5) is 0 Å². The zero-order valence-electron chi connectivity index (χ0n) is 12.7. The van der Waals surface area contributed by atoms with E-state index < -0.39 is 5.60 Å². The molecule has 1 aromatic carbocycles. The van der Waals surface area contributed by atoms with Crippen molar-refractivity contribution in [2.24, 2.45) is 5.92 Å². The van der Waals surface area contributed by atoms with Crippen LogP contribution in [-0.2, 0) is 6.54 Å². The van der Waals surface area contributed by atoms with Crippen LogP contribution in [0.1, 0.15) is 38.3 Å². The maximum Gasteiger partial charge on any atom is 0.136 e. The molecule has 0 aliphatic heterocycles. The first-order chi connectivity index (χ1) is 9.44. The first kappa shape index (κ1) is 16.5. The number of aliphatic hydroxyl groups is 1. The minimum absolute atomic E-state index is 0.237. The average Bonchev–Trinajstić information content (AvgIpc) is 2.45. The van der Waals surface area contributed by atoms with E-state index in [-0.39, 0.29) is 5.92 Å². The van der Waals surface area contributed by atoms with Gasteiger partial charge in [0.1, 0.15) is 11.8 Å². The summed E-state index contributed by atoms with van der Waals surface area (Å²) >= 11 is 0. The lowest BCUT2D eigenvalue weighted by molar-refractivity contribution is 0.00535. The second-order valence-electron chi connectivity index (χ2n) is 5.42. The van der Waals surface area contributed by atoms with Crippen LogP contribution in [-0.4, -0.2) is 24.4 Å². The topological polar surface area (TPSA) is 65.3 Å². The molecule has 0 saturated heterocycles. The standard InChI is InChI=1S/C16H24N2O2/c1-5-12(2)16(3,19)11-18-10-13-6-7-15(20-4)14(8-13)9-17/h6-8,12,18-19H,5,10-11H2,1-4H3. The highest BCUT2D eigenvalue weighted by atomic mass is 16.5. The van der Waals surface area contributed by atoms with E-state index in [1.165, 1.54) is 0 Å². The number of nitrogens with zero attached hydrogens (tertiary/aromatic N) is 1. The van der Waals surface area contributed by atoms with Gasteiger partial charge in [0.15, 0.2) is 0 Å². The van der Waals surface area contributed by atoms with Crippen molar-refractivity contribution < 1.29 is 9.84 Å². The van der Waals surface area contributed by atoms with Crippen LogP contribution in [0.15, 0.2) is 18.2 Å². The van der Waals surface area contributed by atoms with Gasteiger partial charge in [0.05, 0.1) is 18.3 Å². The second-order valence-corrected chi connectivity index (χ2v) is 5.42. The van der Waals surface area contributed by atoms with E-state index in [9.17, 15) is 5.11 Å². The van der Waals surface area contributed by atoms with E-state index in [2.05, 4.69) is 18.3 Å². The van der Waals surface area contributed by atoms with Crippen LogP contribution in [0.2, 0.25) is 0 Å². The molecule has 4 heteroatoms. The molecule has 0 heterocycles. The molecule has 20 heavy (non-hydrogen) atoms. The Labute approximate surface area is 121 Å². The first-order valence-electron chi connectivity index (χ1n) is 6.94. The number of rotatable bonds is 7. The van der Waals surface area contributed by atoms with Crippen LogP contribution in [0.5, 0.6) is 5.75 Å². The Hall–Kier alpha value is -1.57. The van der Waals surface area contributed by atoms with Crippen molar-refractivity contribution in [2.45, 2.75) is 39.3 Å². The molecule has 2 unspecified atom stereocenters. The SMILES string of the molecule is CCC(C)C(C)(O)CNCc1ccc(OC)c(C#N)c1. The molecule has 0 radical (unpaired) electrons. The summed E-state index contributed by atoms with van der Waals surface area (Å²) < 4.78 is 5.11. The number of methoxy groups -OCH3 is 1. The van der Waals surface area contributed by atoms with Crippen molar-refractivity contribution in [3.05, 3.63) is 29.3 Å². The molecule has 1 aromatic rings.